The molecule has 0 saturated carbocycles. The van der Waals surface area contributed by atoms with Gasteiger partial charge >= 0.3 is 0 Å². The Morgan fingerprint density at radius 1 is 1.03 bits per heavy atom. The average Bonchev–Trinajstić information content (AvgIpc) is 2.98. The second-order valence-corrected chi connectivity index (χ2v) is 8.19. The lowest BCUT2D eigenvalue weighted by molar-refractivity contribution is 0.365. The van der Waals surface area contributed by atoms with Crippen LogP contribution in [0.15, 0.2) is 96.6 Å². The van der Waals surface area contributed by atoms with E-state index in [1.165, 1.54) is 22.3 Å². The van der Waals surface area contributed by atoms with Crippen LogP contribution in [0.2, 0.25) is 0 Å². The maximum absolute atomic E-state index is 6.07. The Balaban J connectivity index is 2.12. The molecule has 0 aromatic heterocycles. The minimum Gasteiger partial charge on any atom is -0.399 e. The maximum Gasteiger partial charge on any atom is 0.0525 e. The molecule has 4 N–H and O–H groups in total. The van der Waals surface area contributed by atoms with Gasteiger partial charge in [-0.05, 0) is 40.8 Å². The first-order valence-electron chi connectivity index (χ1n) is 10.5. The molecule has 0 amide bonds. The molecule has 2 aromatic rings. The molecule has 2 nitrogen and oxygen atoms in total. The first kappa shape index (κ1) is 19.5. The number of rotatable bonds is 5. The van der Waals surface area contributed by atoms with Crippen LogP contribution in [-0.2, 0) is 10.8 Å². The summed E-state index contributed by atoms with van der Waals surface area (Å²) in [6.45, 7) is 5.09. The smallest absolute Gasteiger partial charge is 0.0525 e. The fraction of sp³-hybridized carbons (Fsp3) is 0.259. The van der Waals surface area contributed by atoms with Crippen molar-refractivity contribution in [2.45, 2.75) is 31.1 Å². The topological polar surface area (TPSA) is 52.0 Å². The second-order valence-electron chi connectivity index (χ2n) is 8.19. The van der Waals surface area contributed by atoms with Crippen LogP contribution in [0.3, 0.4) is 0 Å². The van der Waals surface area contributed by atoms with E-state index < -0.39 is 0 Å². The van der Waals surface area contributed by atoms with E-state index >= 15 is 0 Å². The number of nitrogen functional groups attached to an aromatic ring is 1. The number of allylic oxidation sites excluding steroid dienone is 7. The van der Waals surface area contributed by atoms with Crippen LogP contribution in [-0.4, -0.2) is 6.54 Å². The Hall–Kier alpha value is -2.84. The van der Waals surface area contributed by atoms with Crippen LogP contribution < -0.4 is 11.5 Å². The Kier molecular flexibility index (Phi) is 5.06. The highest BCUT2D eigenvalue weighted by atomic mass is 14.6. The first-order valence-corrected chi connectivity index (χ1v) is 10.5. The van der Waals surface area contributed by atoms with Gasteiger partial charge in [0.05, 0.1) is 5.41 Å². The molecule has 4 rings (SSSR count). The average molecular weight is 383 g/mol. The molecule has 2 aromatic carbocycles. The summed E-state index contributed by atoms with van der Waals surface area (Å²) >= 11 is 0. The molecule has 3 unspecified atom stereocenters. The summed E-state index contributed by atoms with van der Waals surface area (Å²) in [6, 6.07) is 17.4. The van der Waals surface area contributed by atoms with Crippen molar-refractivity contribution in [2.24, 2.45) is 11.7 Å². The van der Waals surface area contributed by atoms with Crippen LogP contribution in [0.4, 0.5) is 5.69 Å². The quantitative estimate of drug-likeness (QED) is 0.536. The second kappa shape index (κ2) is 7.53. The largest absolute Gasteiger partial charge is 0.399 e. The zero-order chi connectivity index (χ0) is 20.5. The number of benzene rings is 2. The zero-order valence-electron chi connectivity index (χ0n) is 17.3. The van der Waals surface area contributed by atoms with Gasteiger partial charge in [-0.1, -0.05) is 92.8 Å². The Morgan fingerprint density at radius 3 is 2.45 bits per heavy atom. The zero-order valence-corrected chi connectivity index (χ0v) is 17.3. The molecular weight excluding hydrogens is 352 g/mol. The van der Waals surface area contributed by atoms with Crippen molar-refractivity contribution < 1.29 is 0 Å². The summed E-state index contributed by atoms with van der Waals surface area (Å²) in [4.78, 5) is 0. The van der Waals surface area contributed by atoms with Crippen LogP contribution in [0.25, 0.3) is 0 Å². The summed E-state index contributed by atoms with van der Waals surface area (Å²) in [5.41, 5.74) is 17.7. The molecular formula is C27H30N2. The van der Waals surface area contributed by atoms with Crippen LogP contribution in [0.5, 0.6) is 0 Å². The molecule has 0 radical (unpaired) electrons. The Morgan fingerprint density at radius 2 is 1.76 bits per heavy atom. The minimum absolute atomic E-state index is 0.0733. The first-order chi connectivity index (χ1) is 14.1. The number of nitrogens with two attached hydrogens (primary N) is 2. The molecule has 0 aliphatic heterocycles. The number of hydrogen-bond acceptors (Lipinski definition) is 2. The Bertz CT molecular complexity index is 1010. The molecule has 0 heterocycles. The standard InChI is InChI=1S/C27H30N2/c1-3-9-20(10-8-19-28)27(21-14-16-22(29)17-15-21)24-12-5-4-11-23(24)26(2)18-7-6-13-25(26)27/h4-18,25H,3,19,28-29H2,1-2H3/b10-8-,20-9+. The van der Waals surface area contributed by atoms with E-state index in [0.717, 1.165) is 12.1 Å². The van der Waals surface area contributed by atoms with Gasteiger partial charge < -0.3 is 11.5 Å². The van der Waals surface area contributed by atoms with E-state index in [1.807, 2.05) is 12.1 Å². The predicted molar refractivity (Wildman–Crippen MR) is 124 cm³/mol. The fourth-order valence-electron chi connectivity index (χ4n) is 5.41. The normalized spacial score (nSPS) is 28.0. The monoisotopic (exact) mass is 382 g/mol. The third-order valence-corrected chi connectivity index (χ3v) is 6.58. The lowest BCUT2D eigenvalue weighted by Gasteiger charge is -2.42. The highest BCUT2D eigenvalue weighted by molar-refractivity contribution is 5.66. The summed E-state index contributed by atoms with van der Waals surface area (Å²) in [7, 11) is 0. The predicted octanol–water partition coefficient (Wildman–Crippen LogP) is 5.42. The minimum atomic E-state index is -0.290. The molecule has 0 spiro atoms. The lowest BCUT2D eigenvalue weighted by Crippen LogP contribution is -2.40. The number of anilines is 1. The van der Waals surface area contributed by atoms with Crippen molar-refractivity contribution in [3.63, 3.8) is 0 Å². The van der Waals surface area contributed by atoms with Crippen molar-refractivity contribution in [2.75, 3.05) is 12.3 Å². The SMILES string of the molecule is CC/C=C(\C=C/CN)C1(c2ccc(N)cc2)c2ccccc2C2(C)C=CC=CC21. The van der Waals surface area contributed by atoms with E-state index in [9.17, 15) is 0 Å². The van der Waals surface area contributed by atoms with Crippen molar-refractivity contribution in [1.82, 2.24) is 0 Å². The van der Waals surface area contributed by atoms with Gasteiger partial charge in [0, 0.05) is 23.6 Å². The van der Waals surface area contributed by atoms with Gasteiger partial charge in [0.15, 0.2) is 0 Å². The number of hydrogen-bond donors (Lipinski definition) is 2. The Labute approximate surface area is 174 Å². The van der Waals surface area contributed by atoms with Crippen LogP contribution in [0, 0.1) is 5.92 Å². The fourth-order valence-corrected chi connectivity index (χ4v) is 5.41. The lowest BCUT2D eigenvalue weighted by atomic mass is 9.59. The third kappa shape index (κ3) is 2.82. The van der Waals surface area contributed by atoms with Crippen molar-refractivity contribution >= 4 is 5.69 Å². The molecule has 2 aliphatic carbocycles. The van der Waals surface area contributed by atoms with Gasteiger partial charge in [-0.25, -0.2) is 0 Å². The molecule has 0 fully saturated rings. The molecule has 148 valence electrons. The molecule has 29 heavy (non-hydrogen) atoms. The van der Waals surface area contributed by atoms with E-state index in [4.69, 9.17) is 11.5 Å². The summed E-state index contributed by atoms with van der Waals surface area (Å²) < 4.78 is 0. The molecule has 0 bridgehead atoms. The van der Waals surface area contributed by atoms with E-state index in [0.29, 0.717) is 6.54 Å². The summed E-state index contributed by atoms with van der Waals surface area (Å²) in [5.74, 6) is 0.265. The third-order valence-electron chi connectivity index (χ3n) is 6.58. The molecule has 2 heteroatoms. The van der Waals surface area contributed by atoms with Crippen molar-refractivity contribution in [3.8, 4) is 0 Å². The maximum atomic E-state index is 6.07. The van der Waals surface area contributed by atoms with Crippen LogP contribution >= 0.6 is 0 Å². The van der Waals surface area contributed by atoms with Crippen LogP contribution in [0.1, 0.15) is 37.0 Å². The van der Waals surface area contributed by atoms with E-state index in [-0.39, 0.29) is 16.7 Å². The molecule has 3 atom stereocenters. The van der Waals surface area contributed by atoms with Gasteiger partial charge in [0.1, 0.15) is 0 Å². The van der Waals surface area contributed by atoms with Gasteiger partial charge in [-0.3, -0.25) is 0 Å². The molecule has 0 saturated heterocycles. The van der Waals surface area contributed by atoms with Crippen molar-refractivity contribution in [3.05, 3.63) is 113 Å². The van der Waals surface area contributed by atoms with E-state index in [2.05, 4.69) is 92.8 Å². The van der Waals surface area contributed by atoms with Gasteiger partial charge in [-0.15, -0.1) is 0 Å². The van der Waals surface area contributed by atoms with Gasteiger partial charge in [0.2, 0.25) is 0 Å². The van der Waals surface area contributed by atoms with E-state index in [1.54, 1.807) is 0 Å². The highest BCUT2D eigenvalue weighted by Gasteiger charge is 2.58. The van der Waals surface area contributed by atoms with Crippen molar-refractivity contribution in [1.29, 1.82) is 0 Å². The molecule has 2 aliphatic rings. The summed E-state index contributed by atoms with van der Waals surface area (Å²) in [5, 5.41) is 0. The highest BCUT2D eigenvalue weighted by Crippen LogP contribution is 2.62. The van der Waals surface area contributed by atoms with Gasteiger partial charge in [-0.2, -0.15) is 0 Å². The summed E-state index contributed by atoms with van der Waals surface area (Å²) in [6.07, 6.45) is 16.8. The number of fused-ring (bicyclic) bond motifs is 3. The van der Waals surface area contributed by atoms with Gasteiger partial charge in [0.25, 0.3) is 0 Å².